The number of imidazole rings is 1. The van der Waals surface area contributed by atoms with Crippen molar-refractivity contribution in [2.75, 3.05) is 45.2 Å². The third kappa shape index (κ3) is 9.53. The molecule has 0 radical (unpaired) electrons. The third-order valence-corrected chi connectivity index (χ3v) is 13.1. The summed E-state index contributed by atoms with van der Waals surface area (Å²) in [5, 5.41) is 9.23. The highest BCUT2D eigenvalue weighted by Crippen LogP contribution is 2.36. The van der Waals surface area contributed by atoms with E-state index in [1.807, 2.05) is 24.3 Å². The molecule has 2 N–H and O–H groups in total. The minimum Gasteiger partial charge on any atom is -0.444 e. The van der Waals surface area contributed by atoms with Crippen LogP contribution in [0.3, 0.4) is 0 Å². The second kappa shape index (κ2) is 18.3. The number of ether oxygens (including phenoxy) is 1. The fourth-order valence-electron chi connectivity index (χ4n) is 9.66. The molecule has 2 saturated carbocycles. The summed E-state index contributed by atoms with van der Waals surface area (Å²) in [5.74, 6) is 0.0223. The maximum Gasteiger partial charge on any atom is 0.329 e. The van der Waals surface area contributed by atoms with Gasteiger partial charge in [-0.25, -0.2) is 18.6 Å². The third-order valence-electron chi connectivity index (χ3n) is 13.1. The van der Waals surface area contributed by atoms with Crippen LogP contribution in [0.15, 0.2) is 58.2 Å². The second-order valence-electron chi connectivity index (χ2n) is 17.8. The van der Waals surface area contributed by atoms with E-state index in [4.69, 9.17) is 9.15 Å². The van der Waals surface area contributed by atoms with Gasteiger partial charge in [0.1, 0.15) is 12.3 Å². The largest absolute Gasteiger partial charge is 0.444 e. The van der Waals surface area contributed by atoms with Crippen molar-refractivity contribution in [3.63, 3.8) is 0 Å². The van der Waals surface area contributed by atoms with Crippen LogP contribution in [-0.2, 0) is 34.3 Å². The molecular formula is C45H54F2N10O6. The van der Waals surface area contributed by atoms with Gasteiger partial charge in [0.15, 0.2) is 11.4 Å². The molecule has 1 unspecified atom stereocenters. The van der Waals surface area contributed by atoms with E-state index in [0.717, 1.165) is 80.9 Å². The number of benzene rings is 1. The molecule has 16 nitrogen and oxygen atoms in total. The van der Waals surface area contributed by atoms with E-state index in [1.165, 1.54) is 29.9 Å². The van der Waals surface area contributed by atoms with Gasteiger partial charge in [0.05, 0.1) is 35.5 Å². The number of hydrogen-bond acceptors (Lipinski definition) is 11. The second-order valence-corrected chi connectivity index (χ2v) is 17.8. The predicted molar refractivity (Wildman–Crippen MR) is 228 cm³/mol. The van der Waals surface area contributed by atoms with E-state index >= 15 is 0 Å². The summed E-state index contributed by atoms with van der Waals surface area (Å²) in [4.78, 5) is 64.6. The van der Waals surface area contributed by atoms with Crippen molar-refractivity contribution in [3.05, 3.63) is 82.1 Å². The summed E-state index contributed by atoms with van der Waals surface area (Å²) < 4.78 is 45.0. The quantitative estimate of drug-likeness (QED) is 0.124. The fraction of sp³-hybridized carbons (Fsp3) is 0.533. The molecule has 2 aliphatic carbocycles. The lowest BCUT2D eigenvalue weighted by atomic mass is 9.86. The Morgan fingerprint density at radius 2 is 1.86 bits per heavy atom. The number of imide groups is 1. The van der Waals surface area contributed by atoms with Gasteiger partial charge in [-0.2, -0.15) is 5.10 Å². The number of nitrogens with zero attached hydrogens (tertiary/aromatic N) is 8. The molecule has 6 heterocycles. The highest BCUT2D eigenvalue weighted by atomic mass is 19.3. The van der Waals surface area contributed by atoms with Gasteiger partial charge in [-0.3, -0.25) is 43.4 Å². The number of halogens is 2. The van der Waals surface area contributed by atoms with Gasteiger partial charge >= 0.3 is 5.69 Å². The van der Waals surface area contributed by atoms with Crippen molar-refractivity contribution >= 4 is 34.4 Å². The zero-order valence-electron chi connectivity index (χ0n) is 35.7. The molecular weight excluding hydrogens is 815 g/mol. The summed E-state index contributed by atoms with van der Waals surface area (Å²) in [6.07, 6.45) is 9.84. The average Bonchev–Trinajstić information content (AvgIpc) is 3.67. The summed E-state index contributed by atoms with van der Waals surface area (Å²) in [6, 6.07) is 8.64. The number of carbonyl (C=O) groups excluding carboxylic acids is 3. The molecule has 9 rings (SSSR count). The number of aryl methyl sites for hydroxylation is 2. The Hall–Kier alpha value is -5.59. The number of nitrogens with one attached hydrogen (secondary N) is 2. The highest BCUT2D eigenvalue weighted by Gasteiger charge is 2.33. The van der Waals surface area contributed by atoms with Crippen LogP contribution in [0.25, 0.3) is 22.5 Å². The van der Waals surface area contributed by atoms with Crippen LogP contribution >= 0.6 is 0 Å². The Morgan fingerprint density at radius 1 is 1.05 bits per heavy atom. The van der Waals surface area contributed by atoms with Gasteiger partial charge in [0.2, 0.25) is 17.7 Å². The molecule has 63 heavy (non-hydrogen) atoms. The van der Waals surface area contributed by atoms with Crippen molar-refractivity contribution in [2.24, 2.45) is 18.9 Å². The van der Waals surface area contributed by atoms with Crippen LogP contribution in [0.4, 0.5) is 14.5 Å². The fourth-order valence-corrected chi connectivity index (χ4v) is 9.66. The number of morpholine rings is 1. The number of fused-ring (bicyclic) bond motifs is 1. The molecule has 2 saturated heterocycles. The number of aromatic nitrogens is 6. The number of piperidine rings is 1. The lowest BCUT2D eigenvalue weighted by Gasteiger charge is -2.36. The van der Waals surface area contributed by atoms with Crippen molar-refractivity contribution in [1.29, 1.82) is 0 Å². The van der Waals surface area contributed by atoms with Crippen molar-refractivity contribution in [2.45, 2.75) is 95.4 Å². The first-order valence-electron chi connectivity index (χ1n) is 22.1. The Morgan fingerprint density at radius 3 is 2.63 bits per heavy atom. The number of amides is 3. The molecule has 4 aromatic heterocycles. The molecule has 5 aromatic rings. The van der Waals surface area contributed by atoms with Gasteiger partial charge in [0.25, 0.3) is 12.3 Å². The molecule has 334 valence electrons. The van der Waals surface area contributed by atoms with Crippen LogP contribution in [0.5, 0.6) is 0 Å². The highest BCUT2D eigenvalue weighted by molar-refractivity contribution is 6.03. The smallest absolute Gasteiger partial charge is 0.329 e. The first-order valence-corrected chi connectivity index (χ1v) is 22.1. The van der Waals surface area contributed by atoms with E-state index in [-0.39, 0.29) is 53.9 Å². The maximum absolute atomic E-state index is 14.2. The van der Waals surface area contributed by atoms with Crippen LogP contribution < -0.4 is 16.3 Å². The lowest BCUT2D eigenvalue weighted by Crippen LogP contribution is -2.47. The van der Waals surface area contributed by atoms with E-state index in [2.05, 4.69) is 42.5 Å². The molecule has 4 aliphatic rings. The summed E-state index contributed by atoms with van der Waals surface area (Å²) in [6.45, 7) is 4.24. The number of likely N-dealkylation sites (N-methyl/N-ethyl adjacent to an activating group) is 1. The predicted octanol–water partition coefficient (Wildman–Crippen LogP) is 5.66. The zero-order valence-corrected chi connectivity index (χ0v) is 35.7. The zero-order chi connectivity index (χ0) is 43.8. The number of hydrogen-bond donors (Lipinski definition) is 2. The number of oxazole rings is 1. The molecule has 4 fully saturated rings. The first kappa shape index (κ1) is 42.7. The van der Waals surface area contributed by atoms with E-state index in [9.17, 15) is 28.0 Å². The molecule has 0 bridgehead atoms. The van der Waals surface area contributed by atoms with Crippen molar-refractivity contribution in [1.82, 2.24) is 44.0 Å². The topological polar surface area (TPSA) is 175 Å². The number of anilines is 1. The summed E-state index contributed by atoms with van der Waals surface area (Å²) in [5.41, 5.74) is 3.24. The Kier molecular flexibility index (Phi) is 12.4. The van der Waals surface area contributed by atoms with Gasteiger partial charge in [-0.15, -0.1) is 0 Å². The lowest BCUT2D eigenvalue weighted by molar-refractivity contribution is -0.135. The van der Waals surface area contributed by atoms with Crippen LogP contribution in [0.2, 0.25) is 0 Å². The number of pyridine rings is 1. The van der Waals surface area contributed by atoms with E-state index in [1.54, 1.807) is 28.6 Å². The standard InChI is InChI=1S/C45H54F2N10O6/c1-53(23-33-24-55(18-19-62-33)22-30-4-3-5-36-40(30)54(2)45(61)57(36)37-14-15-38(58)51-43(37)60)21-28-9-12-32(13-10-28)56-25-34(39(52-56)41(46)47)49-42(59)35-26-63-44(50-35)29-16-17-48-31(20-29)11-8-27-6-7-27/h3-5,16-17,20,25-28,32-33,37,41H,6-15,18-19,21-24H2,1-2H3,(H,49,59)(H,51,58,60)/t28?,32?,33-,37?/m1/s1. The number of rotatable bonds is 15. The minimum atomic E-state index is -2.88. The van der Waals surface area contributed by atoms with Gasteiger partial charge in [0, 0.05) is 69.8 Å². The van der Waals surface area contributed by atoms with Gasteiger partial charge in [-0.1, -0.05) is 25.0 Å². The Bertz CT molecular complexity index is 2540. The Balaban J connectivity index is 0.766. The van der Waals surface area contributed by atoms with Crippen LogP contribution in [0, 0.1) is 11.8 Å². The number of para-hydroxylation sites is 1. The van der Waals surface area contributed by atoms with Crippen LogP contribution in [-0.4, -0.2) is 102 Å². The van der Waals surface area contributed by atoms with Crippen molar-refractivity contribution < 1.29 is 32.3 Å². The van der Waals surface area contributed by atoms with E-state index in [0.29, 0.717) is 36.7 Å². The van der Waals surface area contributed by atoms with E-state index < -0.39 is 30.0 Å². The van der Waals surface area contributed by atoms with Gasteiger partial charge < -0.3 is 19.4 Å². The SMILES string of the molecule is CN(CC1CCC(n2cc(NC(=O)c3coc(-c4ccnc(CCC5CC5)c4)n3)c(C(F)F)n2)CC1)C[C@@H]1CN(Cc2cccc3c2n(C)c(=O)n3C2CCC(=O)NC2=O)CCO1. The van der Waals surface area contributed by atoms with Gasteiger partial charge in [-0.05, 0) is 87.6 Å². The number of alkyl halides is 2. The average molecular weight is 869 g/mol. The summed E-state index contributed by atoms with van der Waals surface area (Å²) in [7, 11) is 3.82. The molecule has 3 amide bonds. The summed E-state index contributed by atoms with van der Waals surface area (Å²) >= 11 is 0. The molecule has 1 aromatic carbocycles. The normalized spacial score (nSPS) is 22.3. The molecule has 0 spiro atoms. The van der Waals surface area contributed by atoms with Crippen molar-refractivity contribution in [3.8, 4) is 11.5 Å². The molecule has 2 aliphatic heterocycles. The molecule has 18 heteroatoms. The minimum absolute atomic E-state index is 0.0180. The maximum atomic E-state index is 14.2. The number of carbonyl (C=O) groups is 3. The molecule has 2 atom stereocenters. The monoisotopic (exact) mass is 868 g/mol. The first-order chi connectivity index (χ1) is 30.5. The van der Waals surface area contributed by atoms with Crippen LogP contribution in [0.1, 0.15) is 104 Å². The Labute approximate surface area is 363 Å².